The zero-order valence-corrected chi connectivity index (χ0v) is 11.5. The molecule has 2 aromatic rings. The third kappa shape index (κ3) is 2.93. The summed E-state index contributed by atoms with van der Waals surface area (Å²) in [5.41, 5.74) is 3.54. The summed E-state index contributed by atoms with van der Waals surface area (Å²) in [7, 11) is 1.47. The van der Waals surface area contributed by atoms with Crippen molar-refractivity contribution < 1.29 is 9.13 Å². The van der Waals surface area contributed by atoms with E-state index in [1.807, 2.05) is 0 Å². The van der Waals surface area contributed by atoms with Gasteiger partial charge in [-0.2, -0.15) is 0 Å². The van der Waals surface area contributed by atoms with Crippen LogP contribution in [0, 0.1) is 5.82 Å². The highest BCUT2D eigenvalue weighted by atomic mass is 19.1. The summed E-state index contributed by atoms with van der Waals surface area (Å²) < 4.78 is 18.3. The van der Waals surface area contributed by atoms with Crippen LogP contribution in [0.3, 0.4) is 0 Å². The van der Waals surface area contributed by atoms with Crippen LogP contribution < -0.4 is 10.1 Å². The molecule has 1 saturated carbocycles. The molecule has 104 valence electrons. The average Bonchev–Trinajstić information content (AvgIpc) is 3.31. The first-order valence-electron chi connectivity index (χ1n) is 6.92. The number of hydrogen-bond donors (Lipinski definition) is 1. The van der Waals surface area contributed by atoms with E-state index >= 15 is 0 Å². The van der Waals surface area contributed by atoms with Crippen LogP contribution in [-0.4, -0.2) is 7.11 Å². The molecular weight excluding hydrogens is 253 g/mol. The molecule has 0 unspecified atom stereocenters. The lowest BCUT2D eigenvalue weighted by Crippen LogP contribution is -2.00. The Labute approximate surface area is 118 Å². The molecule has 1 aliphatic carbocycles. The van der Waals surface area contributed by atoms with Crippen molar-refractivity contribution in [3.05, 3.63) is 59.4 Å². The molecule has 3 rings (SSSR count). The lowest BCUT2D eigenvalue weighted by atomic mass is 10.1. The van der Waals surface area contributed by atoms with Gasteiger partial charge in [-0.15, -0.1) is 0 Å². The SMILES string of the molecule is COc1cc(NCc2cccc(C3CC3)c2)ccc1F. The first kappa shape index (κ1) is 13.0. The van der Waals surface area contributed by atoms with E-state index in [0.717, 1.165) is 18.2 Å². The number of hydrogen-bond acceptors (Lipinski definition) is 2. The van der Waals surface area contributed by atoms with Gasteiger partial charge in [-0.25, -0.2) is 4.39 Å². The normalized spacial score (nSPS) is 14.1. The van der Waals surface area contributed by atoms with Crippen LogP contribution in [0.4, 0.5) is 10.1 Å². The molecule has 2 aromatic carbocycles. The first-order valence-corrected chi connectivity index (χ1v) is 6.92. The second kappa shape index (κ2) is 5.53. The van der Waals surface area contributed by atoms with Crippen LogP contribution in [0.25, 0.3) is 0 Å². The smallest absolute Gasteiger partial charge is 0.165 e. The average molecular weight is 271 g/mol. The van der Waals surface area contributed by atoms with Crippen molar-refractivity contribution in [3.63, 3.8) is 0 Å². The van der Waals surface area contributed by atoms with E-state index in [1.54, 1.807) is 12.1 Å². The van der Waals surface area contributed by atoms with E-state index in [-0.39, 0.29) is 11.6 Å². The van der Waals surface area contributed by atoms with E-state index < -0.39 is 0 Å². The summed E-state index contributed by atoms with van der Waals surface area (Å²) in [4.78, 5) is 0. The van der Waals surface area contributed by atoms with Crippen molar-refractivity contribution in [2.24, 2.45) is 0 Å². The van der Waals surface area contributed by atoms with Gasteiger partial charge in [0.1, 0.15) is 0 Å². The summed E-state index contributed by atoms with van der Waals surface area (Å²) in [6, 6.07) is 13.5. The third-order valence-electron chi connectivity index (χ3n) is 3.65. The summed E-state index contributed by atoms with van der Waals surface area (Å²) >= 11 is 0. The van der Waals surface area contributed by atoms with Crippen LogP contribution >= 0.6 is 0 Å². The molecule has 0 heterocycles. The molecule has 0 radical (unpaired) electrons. The Bertz CT molecular complexity index is 608. The van der Waals surface area contributed by atoms with E-state index in [4.69, 9.17) is 4.74 Å². The Kier molecular flexibility index (Phi) is 3.59. The highest BCUT2D eigenvalue weighted by Crippen LogP contribution is 2.40. The van der Waals surface area contributed by atoms with Gasteiger partial charge in [0.2, 0.25) is 0 Å². The van der Waals surface area contributed by atoms with Gasteiger partial charge in [0.15, 0.2) is 11.6 Å². The molecule has 0 atom stereocenters. The second-order valence-electron chi connectivity index (χ2n) is 5.22. The zero-order chi connectivity index (χ0) is 13.9. The Morgan fingerprint density at radius 1 is 1.20 bits per heavy atom. The van der Waals surface area contributed by atoms with Gasteiger partial charge in [-0.05, 0) is 42.0 Å². The summed E-state index contributed by atoms with van der Waals surface area (Å²) in [5, 5.41) is 3.30. The van der Waals surface area contributed by atoms with Gasteiger partial charge < -0.3 is 10.1 Å². The van der Waals surface area contributed by atoms with E-state index in [9.17, 15) is 4.39 Å². The van der Waals surface area contributed by atoms with Crippen molar-refractivity contribution in [2.75, 3.05) is 12.4 Å². The van der Waals surface area contributed by atoms with Crippen LogP contribution in [0.2, 0.25) is 0 Å². The van der Waals surface area contributed by atoms with Gasteiger partial charge in [0.25, 0.3) is 0 Å². The van der Waals surface area contributed by atoms with E-state index in [0.29, 0.717) is 0 Å². The summed E-state index contributed by atoms with van der Waals surface area (Å²) in [5.74, 6) is 0.691. The minimum absolute atomic E-state index is 0.265. The fourth-order valence-corrected chi connectivity index (χ4v) is 2.35. The number of methoxy groups -OCH3 is 1. The maximum absolute atomic E-state index is 13.3. The Morgan fingerprint density at radius 3 is 2.80 bits per heavy atom. The molecule has 1 aliphatic rings. The van der Waals surface area contributed by atoms with Gasteiger partial charge >= 0.3 is 0 Å². The van der Waals surface area contributed by atoms with Crippen LogP contribution in [-0.2, 0) is 6.54 Å². The number of halogens is 1. The fourth-order valence-electron chi connectivity index (χ4n) is 2.35. The van der Waals surface area contributed by atoms with E-state index in [2.05, 4.69) is 29.6 Å². The highest BCUT2D eigenvalue weighted by Gasteiger charge is 2.23. The molecule has 0 amide bonds. The van der Waals surface area contributed by atoms with Crippen molar-refractivity contribution in [1.82, 2.24) is 0 Å². The lowest BCUT2D eigenvalue weighted by Gasteiger charge is -2.10. The van der Waals surface area contributed by atoms with Crippen molar-refractivity contribution in [3.8, 4) is 5.75 Å². The summed E-state index contributed by atoms with van der Waals surface area (Å²) in [6.45, 7) is 0.731. The Balaban J connectivity index is 1.68. The molecule has 1 N–H and O–H groups in total. The maximum atomic E-state index is 13.3. The molecular formula is C17H18FNO. The quantitative estimate of drug-likeness (QED) is 0.874. The van der Waals surface area contributed by atoms with Gasteiger partial charge in [-0.1, -0.05) is 24.3 Å². The zero-order valence-electron chi connectivity index (χ0n) is 11.5. The monoisotopic (exact) mass is 271 g/mol. The number of nitrogens with one attached hydrogen (secondary N) is 1. The topological polar surface area (TPSA) is 21.3 Å². The Morgan fingerprint density at radius 2 is 2.05 bits per heavy atom. The number of anilines is 1. The number of benzene rings is 2. The minimum atomic E-state index is -0.339. The predicted molar refractivity (Wildman–Crippen MR) is 78.7 cm³/mol. The number of ether oxygens (including phenoxy) is 1. The van der Waals surface area contributed by atoms with Crippen LogP contribution in [0.1, 0.15) is 29.9 Å². The maximum Gasteiger partial charge on any atom is 0.165 e. The molecule has 0 aromatic heterocycles. The second-order valence-corrected chi connectivity index (χ2v) is 5.22. The molecule has 2 nitrogen and oxygen atoms in total. The fraction of sp³-hybridized carbons (Fsp3) is 0.294. The van der Waals surface area contributed by atoms with Gasteiger partial charge in [0, 0.05) is 18.3 Å². The highest BCUT2D eigenvalue weighted by molar-refractivity contribution is 5.49. The summed E-state index contributed by atoms with van der Waals surface area (Å²) in [6.07, 6.45) is 2.62. The van der Waals surface area contributed by atoms with Crippen LogP contribution in [0.5, 0.6) is 5.75 Å². The molecule has 1 fully saturated rings. The molecule has 0 aliphatic heterocycles. The molecule has 20 heavy (non-hydrogen) atoms. The van der Waals surface area contributed by atoms with Gasteiger partial charge in [0.05, 0.1) is 7.11 Å². The molecule has 0 bridgehead atoms. The van der Waals surface area contributed by atoms with Gasteiger partial charge in [-0.3, -0.25) is 0 Å². The van der Waals surface area contributed by atoms with E-state index in [1.165, 1.54) is 37.1 Å². The lowest BCUT2D eigenvalue weighted by molar-refractivity contribution is 0.387. The third-order valence-corrected chi connectivity index (χ3v) is 3.65. The molecule has 0 saturated heterocycles. The van der Waals surface area contributed by atoms with Crippen LogP contribution in [0.15, 0.2) is 42.5 Å². The molecule has 0 spiro atoms. The molecule has 3 heteroatoms. The largest absolute Gasteiger partial charge is 0.494 e. The minimum Gasteiger partial charge on any atom is -0.494 e. The Hall–Kier alpha value is -2.03. The number of rotatable bonds is 5. The predicted octanol–water partition coefficient (Wildman–Crippen LogP) is 4.32. The van der Waals surface area contributed by atoms with Crippen molar-refractivity contribution in [1.29, 1.82) is 0 Å². The first-order chi connectivity index (χ1) is 9.76. The van der Waals surface area contributed by atoms with Crippen molar-refractivity contribution >= 4 is 5.69 Å². The van der Waals surface area contributed by atoms with Crippen molar-refractivity contribution in [2.45, 2.75) is 25.3 Å². The standard InChI is InChI=1S/C17H18FNO/c1-20-17-10-15(7-8-16(17)18)19-11-12-3-2-4-14(9-12)13-5-6-13/h2-4,7-10,13,19H,5-6,11H2,1H3.